The van der Waals surface area contributed by atoms with E-state index in [-0.39, 0.29) is 22.9 Å². The highest BCUT2D eigenvalue weighted by atomic mass is 79.9. The van der Waals surface area contributed by atoms with Crippen LogP contribution in [0.25, 0.3) is 6.08 Å². The number of ether oxygens (including phenoxy) is 1. The van der Waals surface area contributed by atoms with Crippen molar-refractivity contribution in [3.05, 3.63) is 95.4 Å². The summed E-state index contributed by atoms with van der Waals surface area (Å²) < 4.78 is 6.32. The van der Waals surface area contributed by atoms with Crippen molar-refractivity contribution in [1.29, 1.82) is 0 Å². The molecular formula is C25H15BrCl4N2O4. The van der Waals surface area contributed by atoms with Crippen molar-refractivity contribution in [3.8, 4) is 5.75 Å². The molecule has 0 atom stereocenters. The Morgan fingerprint density at radius 2 is 1.67 bits per heavy atom. The number of halogens is 5. The Bertz CT molecular complexity index is 1430. The van der Waals surface area contributed by atoms with Crippen LogP contribution < -0.4 is 15.0 Å². The number of carbonyl (C=O) groups is 3. The standard InChI is InChI=1S/C25H15BrCl4N2O4/c1-12-2-4-15(10-19(12)28)32-24(34)16(23(33)31-25(32)35)6-14-7-17(26)22(21(30)9-14)36-11-13-3-5-18(27)20(29)8-13/h2-10H,11H2,1H3,(H,31,33,35)/b16-6-. The van der Waals surface area contributed by atoms with Crippen LogP contribution in [0.15, 0.2) is 58.6 Å². The smallest absolute Gasteiger partial charge is 0.335 e. The normalized spacial score (nSPS) is 14.9. The van der Waals surface area contributed by atoms with E-state index in [0.717, 1.165) is 16.0 Å². The lowest BCUT2D eigenvalue weighted by Crippen LogP contribution is -2.54. The van der Waals surface area contributed by atoms with Gasteiger partial charge in [0.25, 0.3) is 11.8 Å². The Kier molecular flexibility index (Phi) is 7.97. The summed E-state index contributed by atoms with van der Waals surface area (Å²) in [6.45, 7) is 1.96. The summed E-state index contributed by atoms with van der Waals surface area (Å²) in [5.74, 6) is -1.27. The first kappa shape index (κ1) is 26.5. The Hall–Kier alpha value is -2.55. The molecule has 6 nitrogen and oxygen atoms in total. The molecule has 0 saturated carbocycles. The number of hydrogen-bond donors (Lipinski definition) is 1. The number of imide groups is 2. The summed E-state index contributed by atoms with van der Waals surface area (Å²) in [5, 5.41) is 3.63. The van der Waals surface area contributed by atoms with Gasteiger partial charge >= 0.3 is 6.03 Å². The van der Waals surface area contributed by atoms with Gasteiger partial charge in [-0.2, -0.15) is 0 Å². The van der Waals surface area contributed by atoms with Crippen LogP contribution >= 0.6 is 62.3 Å². The zero-order valence-electron chi connectivity index (χ0n) is 18.4. The second-order valence-corrected chi connectivity index (χ2v) is 10.2. The fraction of sp³-hybridized carbons (Fsp3) is 0.0800. The first-order valence-electron chi connectivity index (χ1n) is 10.3. The van der Waals surface area contributed by atoms with Crippen molar-refractivity contribution in [1.82, 2.24) is 5.32 Å². The maximum Gasteiger partial charge on any atom is 0.335 e. The first-order valence-corrected chi connectivity index (χ1v) is 12.6. The summed E-state index contributed by atoms with van der Waals surface area (Å²) in [5.41, 5.74) is 1.97. The lowest BCUT2D eigenvalue weighted by atomic mass is 10.1. The number of aryl methyl sites for hydroxylation is 1. The molecule has 1 saturated heterocycles. The molecule has 4 rings (SSSR count). The number of nitrogens with zero attached hydrogens (tertiary/aromatic N) is 1. The van der Waals surface area contributed by atoms with Crippen molar-refractivity contribution in [2.24, 2.45) is 0 Å². The van der Waals surface area contributed by atoms with Crippen LogP contribution in [0.1, 0.15) is 16.7 Å². The van der Waals surface area contributed by atoms with Crippen molar-refractivity contribution < 1.29 is 19.1 Å². The summed E-state index contributed by atoms with van der Waals surface area (Å²) in [7, 11) is 0. The van der Waals surface area contributed by atoms with E-state index < -0.39 is 17.8 Å². The molecule has 1 aliphatic rings. The first-order chi connectivity index (χ1) is 17.0. The molecule has 1 N–H and O–H groups in total. The van der Waals surface area contributed by atoms with Gasteiger partial charge in [0.1, 0.15) is 12.2 Å². The van der Waals surface area contributed by atoms with Gasteiger partial charge in [-0.3, -0.25) is 14.9 Å². The van der Waals surface area contributed by atoms with Crippen LogP contribution in [0.5, 0.6) is 5.75 Å². The molecule has 0 bridgehead atoms. The zero-order valence-corrected chi connectivity index (χ0v) is 23.0. The van der Waals surface area contributed by atoms with E-state index in [0.29, 0.717) is 30.9 Å². The summed E-state index contributed by atoms with van der Waals surface area (Å²) in [4.78, 5) is 38.9. The predicted octanol–water partition coefficient (Wildman–Crippen LogP) is 7.62. The van der Waals surface area contributed by atoms with E-state index in [1.54, 1.807) is 43.3 Å². The van der Waals surface area contributed by atoms with Gasteiger partial charge in [-0.15, -0.1) is 0 Å². The highest BCUT2D eigenvalue weighted by Crippen LogP contribution is 2.36. The van der Waals surface area contributed by atoms with Gasteiger partial charge in [0.05, 0.1) is 25.2 Å². The average Bonchev–Trinajstić information content (AvgIpc) is 2.80. The minimum absolute atomic E-state index is 0.173. The van der Waals surface area contributed by atoms with Crippen LogP contribution in [0.4, 0.5) is 10.5 Å². The van der Waals surface area contributed by atoms with E-state index in [9.17, 15) is 14.4 Å². The quantitative estimate of drug-likeness (QED) is 0.233. The fourth-order valence-electron chi connectivity index (χ4n) is 3.37. The molecule has 0 spiro atoms. The molecule has 3 aromatic carbocycles. The number of nitrogens with one attached hydrogen (secondary N) is 1. The lowest BCUT2D eigenvalue weighted by molar-refractivity contribution is -0.122. The summed E-state index contributed by atoms with van der Waals surface area (Å²) in [6, 6.07) is 12.1. The SMILES string of the molecule is Cc1ccc(N2C(=O)NC(=O)/C(=C/c3cc(Cl)c(OCc4ccc(Cl)c(Cl)c4)c(Br)c3)C2=O)cc1Cl. The molecule has 0 unspecified atom stereocenters. The minimum atomic E-state index is -0.868. The average molecular weight is 629 g/mol. The third-order valence-electron chi connectivity index (χ3n) is 5.21. The highest BCUT2D eigenvalue weighted by Gasteiger charge is 2.37. The maximum atomic E-state index is 13.1. The van der Waals surface area contributed by atoms with Gasteiger partial charge in [-0.1, -0.05) is 58.5 Å². The number of amides is 4. The third kappa shape index (κ3) is 5.56. The Labute approximate surface area is 234 Å². The van der Waals surface area contributed by atoms with Gasteiger partial charge < -0.3 is 4.74 Å². The number of anilines is 1. The summed E-state index contributed by atoms with van der Waals surface area (Å²) in [6.07, 6.45) is 1.34. The predicted molar refractivity (Wildman–Crippen MR) is 145 cm³/mol. The molecule has 1 heterocycles. The molecule has 1 fully saturated rings. The van der Waals surface area contributed by atoms with E-state index in [1.165, 1.54) is 18.2 Å². The number of barbiturate groups is 1. The molecular weight excluding hydrogens is 614 g/mol. The van der Waals surface area contributed by atoms with Gasteiger partial charge in [0.15, 0.2) is 5.75 Å². The fourth-order valence-corrected chi connectivity index (χ4v) is 4.85. The van der Waals surface area contributed by atoms with Crippen LogP contribution in [0.2, 0.25) is 20.1 Å². The second-order valence-electron chi connectivity index (χ2n) is 7.74. The molecule has 36 heavy (non-hydrogen) atoms. The molecule has 11 heteroatoms. The number of urea groups is 1. The van der Waals surface area contributed by atoms with E-state index >= 15 is 0 Å². The number of hydrogen-bond acceptors (Lipinski definition) is 4. The third-order valence-corrected chi connectivity index (χ3v) is 7.23. The van der Waals surface area contributed by atoms with Crippen molar-refractivity contribution in [2.75, 3.05) is 4.90 Å². The lowest BCUT2D eigenvalue weighted by Gasteiger charge is -2.26. The van der Waals surface area contributed by atoms with Crippen LogP contribution in [-0.4, -0.2) is 17.8 Å². The summed E-state index contributed by atoms with van der Waals surface area (Å²) >= 11 is 28.0. The van der Waals surface area contributed by atoms with Gasteiger partial charge in [-0.05, 0) is 82.0 Å². The van der Waals surface area contributed by atoms with Crippen molar-refractivity contribution >= 4 is 91.9 Å². The second kappa shape index (κ2) is 10.8. The molecule has 184 valence electrons. The van der Waals surface area contributed by atoms with Crippen LogP contribution in [0, 0.1) is 6.92 Å². The topological polar surface area (TPSA) is 75.7 Å². The highest BCUT2D eigenvalue weighted by molar-refractivity contribution is 9.10. The Balaban J connectivity index is 1.61. The zero-order chi connectivity index (χ0) is 26.1. The number of benzene rings is 3. The number of carbonyl (C=O) groups excluding carboxylic acids is 3. The minimum Gasteiger partial charge on any atom is -0.486 e. The van der Waals surface area contributed by atoms with Crippen LogP contribution in [0.3, 0.4) is 0 Å². The molecule has 0 radical (unpaired) electrons. The van der Waals surface area contributed by atoms with E-state index in [1.807, 2.05) is 0 Å². The van der Waals surface area contributed by atoms with E-state index in [2.05, 4.69) is 21.2 Å². The van der Waals surface area contributed by atoms with Gasteiger partial charge in [-0.25, -0.2) is 9.69 Å². The molecule has 0 aliphatic carbocycles. The van der Waals surface area contributed by atoms with Crippen LogP contribution in [-0.2, 0) is 16.2 Å². The molecule has 3 aromatic rings. The molecule has 0 aromatic heterocycles. The van der Waals surface area contributed by atoms with Crippen molar-refractivity contribution in [2.45, 2.75) is 13.5 Å². The monoisotopic (exact) mass is 626 g/mol. The Morgan fingerprint density at radius 3 is 2.33 bits per heavy atom. The van der Waals surface area contributed by atoms with Gasteiger partial charge in [0, 0.05) is 5.02 Å². The molecule has 1 aliphatic heterocycles. The largest absolute Gasteiger partial charge is 0.486 e. The molecule has 4 amide bonds. The number of rotatable bonds is 5. The van der Waals surface area contributed by atoms with Gasteiger partial charge in [0.2, 0.25) is 0 Å². The van der Waals surface area contributed by atoms with Crippen molar-refractivity contribution in [3.63, 3.8) is 0 Å². The Morgan fingerprint density at radius 1 is 0.917 bits per heavy atom. The van der Waals surface area contributed by atoms with E-state index in [4.69, 9.17) is 51.1 Å². The maximum absolute atomic E-state index is 13.1.